The maximum atomic E-state index is 12.7. The number of anilines is 2. The number of carbonyl (C=O) groups is 2. The summed E-state index contributed by atoms with van der Waals surface area (Å²) >= 11 is 0. The fourth-order valence-electron chi connectivity index (χ4n) is 3.36. The first-order chi connectivity index (χ1) is 16.5. The van der Waals surface area contributed by atoms with Crippen LogP contribution in [0.4, 0.5) is 16.2 Å². The van der Waals surface area contributed by atoms with Crippen LogP contribution in [0, 0.1) is 0 Å². The standard InChI is InChI=1S/C24H23N5O5/c1-32-20-9-4-15(21(11-20)33-2)14-29-22-16(13-26-29)10-17(12-25-22)23(30)27-18-5-7-19(8-6-18)28-24(31)34-3/h4-13H,14H2,1-3H3,(H,27,30)(H,28,31). The van der Waals surface area contributed by atoms with Crippen molar-refractivity contribution in [2.45, 2.75) is 6.54 Å². The Morgan fingerprint density at radius 1 is 0.912 bits per heavy atom. The molecule has 0 spiro atoms. The van der Waals surface area contributed by atoms with Gasteiger partial charge in [-0.15, -0.1) is 0 Å². The van der Waals surface area contributed by atoms with Crippen LogP contribution < -0.4 is 20.1 Å². The van der Waals surface area contributed by atoms with E-state index in [0.717, 1.165) is 10.9 Å². The number of fused-ring (bicyclic) bond motifs is 1. The van der Waals surface area contributed by atoms with E-state index in [4.69, 9.17) is 9.47 Å². The minimum Gasteiger partial charge on any atom is -0.497 e. The Hall–Kier alpha value is -4.60. The molecule has 34 heavy (non-hydrogen) atoms. The molecule has 0 aliphatic rings. The number of pyridine rings is 1. The molecule has 2 aromatic heterocycles. The van der Waals surface area contributed by atoms with Crippen molar-refractivity contribution in [3.05, 3.63) is 72.1 Å². The lowest BCUT2D eigenvalue weighted by atomic mass is 10.2. The maximum Gasteiger partial charge on any atom is 0.411 e. The number of amides is 2. The first kappa shape index (κ1) is 22.6. The Balaban J connectivity index is 1.48. The second-order valence-electron chi connectivity index (χ2n) is 7.26. The molecule has 0 saturated carbocycles. The molecule has 0 fully saturated rings. The summed E-state index contributed by atoms with van der Waals surface area (Å²) in [5.74, 6) is 1.08. The molecule has 174 valence electrons. The van der Waals surface area contributed by atoms with E-state index in [1.807, 2.05) is 18.2 Å². The van der Waals surface area contributed by atoms with Gasteiger partial charge in [-0.2, -0.15) is 5.10 Å². The van der Waals surface area contributed by atoms with E-state index < -0.39 is 6.09 Å². The van der Waals surface area contributed by atoms with Crippen LogP contribution in [0.2, 0.25) is 0 Å². The van der Waals surface area contributed by atoms with E-state index >= 15 is 0 Å². The van der Waals surface area contributed by atoms with E-state index in [2.05, 4.69) is 25.5 Å². The lowest BCUT2D eigenvalue weighted by Gasteiger charge is -2.11. The minimum atomic E-state index is -0.567. The largest absolute Gasteiger partial charge is 0.497 e. The first-order valence-electron chi connectivity index (χ1n) is 10.3. The van der Waals surface area contributed by atoms with Crippen molar-refractivity contribution in [2.75, 3.05) is 32.0 Å². The quantitative estimate of drug-likeness (QED) is 0.428. The number of ether oxygens (including phenoxy) is 3. The zero-order valence-corrected chi connectivity index (χ0v) is 18.9. The van der Waals surface area contributed by atoms with Gasteiger partial charge in [0.05, 0.1) is 39.6 Å². The summed E-state index contributed by atoms with van der Waals surface area (Å²) in [5, 5.41) is 10.5. The van der Waals surface area contributed by atoms with E-state index in [1.54, 1.807) is 55.4 Å². The number of rotatable bonds is 7. The fraction of sp³-hybridized carbons (Fsp3) is 0.167. The molecule has 2 amide bonds. The number of carbonyl (C=O) groups excluding carboxylic acids is 2. The molecule has 0 bridgehead atoms. The molecule has 0 atom stereocenters. The van der Waals surface area contributed by atoms with Crippen LogP contribution in [0.3, 0.4) is 0 Å². The van der Waals surface area contributed by atoms with Gasteiger partial charge < -0.3 is 19.5 Å². The number of hydrogen-bond acceptors (Lipinski definition) is 7. The summed E-state index contributed by atoms with van der Waals surface area (Å²) in [5.41, 5.74) is 3.08. The molecule has 4 aromatic rings. The van der Waals surface area contributed by atoms with Crippen LogP contribution in [0.25, 0.3) is 11.0 Å². The van der Waals surface area contributed by atoms with E-state index in [9.17, 15) is 9.59 Å². The first-order valence-corrected chi connectivity index (χ1v) is 10.3. The number of hydrogen-bond donors (Lipinski definition) is 2. The Bertz CT molecular complexity index is 1330. The predicted octanol–water partition coefficient (Wildman–Crippen LogP) is 3.93. The van der Waals surface area contributed by atoms with Crippen LogP contribution in [0.15, 0.2) is 60.9 Å². The molecule has 2 aromatic carbocycles. The summed E-state index contributed by atoms with van der Waals surface area (Å²) < 4.78 is 17.0. The molecule has 0 unspecified atom stereocenters. The van der Waals surface area contributed by atoms with Crippen LogP contribution in [-0.4, -0.2) is 48.1 Å². The molecule has 0 aliphatic carbocycles. The number of nitrogens with zero attached hydrogens (tertiary/aromatic N) is 3. The van der Waals surface area contributed by atoms with Gasteiger partial charge in [0.1, 0.15) is 11.5 Å². The Labute approximate surface area is 195 Å². The Morgan fingerprint density at radius 3 is 2.32 bits per heavy atom. The average molecular weight is 461 g/mol. The van der Waals surface area contributed by atoms with Crippen molar-refractivity contribution in [2.24, 2.45) is 0 Å². The van der Waals surface area contributed by atoms with Crippen molar-refractivity contribution in [1.82, 2.24) is 14.8 Å². The van der Waals surface area contributed by atoms with Gasteiger partial charge in [0, 0.05) is 34.6 Å². The van der Waals surface area contributed by atoms with Gasteiger partial charge >= 0.3 is 6.09 Å². The summed E-state index contributed by atoms with van der Waals surface area (Å²) in [4.78, 5) is 28.4. The molecule has 4 rings (SSSR count). The maximum absolute atomic E-state index is 12.7. The molecule has 0 aliphatic heterocycles. The summed E-state index contributed by atoms with van der Waals surface area (Å²) in [7, 11) is 4.49. The predicted molar refractivity (Wildman–Crippen MR) is 127 cm³/mol. The molecule has 10 nitrogen and oxygen atoms in total. The van der Waals surface area contributed by atoms with Gasteiger partial charge in [-0.3, -0.25) is 10.1 Å². The second kappa shape index (κ2) is 9.90. The van der Waals surface area contributed by atoms with Crippen LogP contribution in [0.5, 0.6) is 11.5 Å². The van der Waals surface area contributed by atoms with Gasteiger partial charge in [-0.05, 0) is 42.5 Å². The fourth-order valence-corrected chi connectivity index (χ4v) is 3.36. The van der Waals surface area contributed by atoms with Gasteiger partial charge in [0.25, 0.3) is 5.91 Å². The zero-order valence-electron chi connectivity index (χ0n) is 18.9. The van der Waals surface area contributed by atoms with E-state index in [-0.39, 0.29) is 5.91 Å². The van der Waals surface area contributed by atoms with Gasteiger partial charge in [-0.25, -0.2) is 14.5 Å². The number of nitrogens with one attached hydrogen (secondary N) is 2. The lowest BCUT2D eigenvalue weighted by molar-refractivity contribution is 0.102. The van der Waals surface area contributed by atoms with Gasteiger partial charge in [-0.1, -0.05) is 0 Å². The smallest absolute Gasteiger partial charge is 0.411 e. The molecule has 10 heteroatoms. The van der Waals surface area contributed by atoms with Gasteiger partial charge in [0.15, 0.2) is 5.65 Å². The number of aromatic nitrogens is 3. The van der Waals surface area contributed by atoms with E-state index in [0.29, 0.717) is 40.6 Å². The van der Waals surface area contributed by atoms with Crippen LogP contribution >= 0.6 is 0 Å². The van der Waals surface area contributed by atoms with Crippen molar-refractivity contribution >= 4 is 34.4 Å². The number of benzene rings is 2. The van der Waals surface area contributed by atoms with Crippen molar-refractivity contribution in [3.8, 4) is 11.5 Å². The minimum absolute atomic E-state index is 0.312. The average Bonchev–Trinajstić information content (AvgIpc) is 3.27. The van der Waals surface area contributed by atoms with Crippen molar-refractivity contribution in [1.29, 1.82) is 0 Å². The van der Waals surface area contributed by atoms with E-state index in [1.165, 1.54) is 13.3 Å². The molecular formula is C24H23N5O5. The second-order valence-corrected chi connectivity index (χ2v) is 7.26. The SMILES string of the molecule is COC(=O)Nc1ccc(NC(=O)c2cnc3c(cnn3Cc3ccc(OC)cc3OC)c2)cc1. The highest BCUT2D eigenvalue weighted by molar-refractivity contribution is 6.05. The third-order valence-electron chi connectivity index (χ3n) is 5.13. The monoisotopic (exact) mass is 461 g/mol. The summed E-state index contributed by atoms with van der Waals surface area (Å²) in [6.45, 7) is 0.446. The molecule has 2 heterocycles. The molecular weight excluding hydrogens is 438 g/mol. The van der Waals surface area contributed by atoms with Crippen LogP contribution in [0.1, 0.15) is 15.9 Å². The Morgan fingerprint density at radius 2 is 1.65 bits per heavy atom. The number of methoxy groups -OCH3 is 3. The topological polar surface area (TPSA) is 117 Å². The summed E-state index contributed by atoms with van der Waals surface area (Å²) in [6, 6.07) is 14.0. The Kier molecular flexibility index (Phi) is 6.58. The normalized spacial score (nSPS) is 10.6. The highest BCUT2D eigenvalue weighted by Gasteiger charge is 2.13. The molecule has 0 radical (unpaired) electrons. The van der Waals surface area contributed by atoms with Crippen molar-refractivity contribution in [3.63, 3.8) is 0 Å². The van der Waals surface area contributed by atoms with Crippen LogP contribution in [-0.2, 0) is 11.3 Å². The summed E-state index contributed by atoms with van der Waals surface area (Å²) in [6.07, 6.45) is 2.61. The zero-order chi connectivity index (χ0) is 24.1. The molecule has 2 N–H and O–H groups in total. The third-order valence-corrected chi connectivity index (χ3v) is 5.13. The van der Waals surface area contributed by atoms with Gasteiger partial charge in [0.2, 0.25) is 0 Å². The molecule has 0 saturated heterocycles. The highest BCUT2D eigenvalue weighted by atomic mass is 16.5. The van der Waals surface area contributed by atoms with Crippen molar-refractivity contribution < 1.29 is 23.8 Å². The third kappa shape index (κ3) is 4.90. The lowest BCUT2D eigenvalue weighted by Crippen LogP contribution is -2.13. The highest BCUT2D eigenvalue weighted by Crippen LogP contribution is 2.26.